The molecule has 250 valence electrons. The number of thiol groups is 1. The number of hydrogen-bond donors (Lipinski definition) is 5. The first-order valence-electron chi connectivity index (χ1n) is 14.7. The highest BCUT2D eigenvalue weighted by molar-refractivity contribution is 7.80. The molecule has 1 aliphatic heterocycles. The fraction of sp³-hybridized carbons (Fsp3) is 0.679. The highest BCUT2D eigenvalue weighted by Gasteiger charge is 2.36. The molecule has 0 spiro atoms. The maximum Gasteiger partial charge on any atom is 0.500 e. The molecule has 0 saturated carbocycles. The molecule has 1 aromatic carbocycles. The van der Waals surface area contributed by atoms with E-state index in [9.17, 15) is 29.7 Å². The molecule has 0 aromatic heterocycles. The van der Waals surface area contributed by atoms with Gasteiger partial charge in [0, 0.05) is 85.4 Å². The van der Waals surface area contributed by atoms with Crippen molar-refractivity contribution >= 4 is 45.0 Å². The van der Waals surface area contributed by atoms with Crippen LogP contribution in [0.25, 0.3) is 0 Å². The summed E-state index contributed by atoms with van der Waals surface area (Å²) in [5, 5.41) is 31.5. The maximum atomic E-state index is 11.7. The van der Waals surface area contributed by atoms with E-state index in [2.05, 4.69) is 22.8 Å². The first-order valence-corrected chi connectivity index (χ1v) is 17.2. The molecule has 0 bridgehead atoms. The quantitative estimate of drug-likeness (QED) is 0.0563. The van der Waals surface area contributed by atoms with Crippen molar-refractivity contribution in [2.24, 2.45) is 0 Å². The highest BCUT2D eigenvalue weighted by atomic mass is 32.1. The Labute approximate surface area is 266 Å². The number of carboxylic acids is 3. The molecule has 1 aromatic rings. The van der Waals surface area contributed by atoms with E-state index in [1.54, 1.807) is 36.0 Å². The Morgan fingerprint density at radius 2 is 1.36 bits per heavy atom. The molecule has 16 heteroatoms. The monoisotopic (exact) mass is 659 g/mol. The summed E-state index contributed by atoms with van der Waals surface area (Å²) < 4.78 is 16.4. The minimum atomic E-state index is -2.60. The smallest absolute Gasteiger partial charge is 0.480 e. The van der Waals surface area contributed by atoms with Gasteiger partial charge in [0.15, 0.2) is 0 Å². The number of carboxylic acid groups (broad SMARTS) is 3. The van der Waals surface area contributed by atoms with Crippen LogP contribution in [-0.4, -0.2) is 162 Å². The SMILES string of the molecule is CO[Si](CCCNC(S)Cc1ccc(N(CCN2CCN(CC(=O)O)CCN(CC(=O)O)CC2)CC(=O)O)cc1)(OC)OC. The number of anilines is 1. The molecule has 44 heavy (non-hydrogen) atoms. The topological polar surface area (TPSA) is 165 Å². The number of nitrogens with zero attached hydrogens (tertiary/aromatic N) is 4. The van der Waals surface area contributed by atoms with Crippen LogP contribution in [0.2, 0.25) is 6.04 Å². The van der Waals surface area contributed by atoms with Gasteiger partial charge in [-0.2, -0.15) is 12.6 Å². The molecule has 1 heterocycles. The Kier molecular flexibility index (Phi) is 17.2. The van der Waals surface area contributed by atoms with E-state index in [0.29, 0.717) is 64.8 Å². The van der Waals surface area contributed by atoms with Gasteiger partial charge < -0.3 is 38.8 Å². The minimum Gasteiger partial charge on any atom is -0.480 e. The summed E-state index contributed by atoms with van der Waals surface area (Å²) in [6.07, 6.45) is 1.49. The summed E-state index contributed by atoms with van der Waals surface area (Å²) in [4.78, 5) is 41.9. The number of nitrogens with one attached hydrogen (secondary N) is 1. The second-order valence-electron chi connectivity index (χ2n) is 10.7. The second kappa shape index (κ2) is 20.0. The fourth-order valence-corrected chi connectivity index (χ4v) is 7.16. The number of aliphatic carboxylic acids is 3. The zero-order valence-electron chi connectivity index (χ0n) is 26.0. The summed E-state index contributed by atoms with van der Waals surface area (Å²) in [7, 11) is 2.20. The standard InChI is InChI=1S/C28H49N5O9SSi/c1-40-44(41-2,42-3)18-4-9-29-25(43)19-23-5-7-24(8-6-23)33(22-28(38)39)17-16-30-10-12-31(20-26(34)35)14-15-32(13-11-30)21-27(36)37/h5-8,25,29,43H,4,9-22H2,1-3H3,(H,34,35)(H,36,37)(H,38,39). The van der Waals surface area contributed by atoms with E-state index < -0.39 is 26.7 Å². The molecule has 0 amide bonds. The van der Waals surface area contributed by atoms with Gasteiger partial charge in [0.25, 0.3) is 0 Å². The Hall–Kier alpha value is -2.28. The normalized spacial score (nSPS) is 16.5. The van der Waals surface area contributed by atoms with Crippen molar-refractivity contribution in [2.75, 3.05) is 105 Å². The van der Waals surface area contributed by atoms with Gasteiger partial charge in [0.1, 0.15) is 6.54 Å². The largest absolute Gasteiger partial charge is 0.500 e. The van der Waals surface area contributed by atoms with Gasteiger partial charge in [0.2, 0.25) is 0 Å². The molecule has 2 rings (SSSR count). The molecule has 14 nitrogen and oxygen atoms in total. The van der Waals surface area contributed by atoms with E-state index in [1.165, 1.54) is 0 Å². The van der Waals surface area contributed by atoms with Crippen molar-refractivity contribution < 1.29 is 43.0 Å². The Balaban J connectivity index is 1.96. The molecule has 1 fully saturated rings. The molecular formula is C28H49N5O9SSi. The summed E-state index contributed by atoms with van der Waals surface area (Å²) >= 11 is 4.67. The number of rotatable bonds is 20. The summed E-state index contributed by atoms with van der Waals surface area (Å²) in [6.45, 7) is 4.45. The maximum absolute atomic E-state index is 11.7. The van der Waals surface area contributed by atoms with Crippen molar-refractivity contribution in [3.05, 3.63) is 29.8 Å². The number of benzene rings is 1. The van der Waals surface area contributed by atoms with Gasteiger partial charge in [-0.1, -0.05) is 12.1 Å². The van der Waals surface area contributed by atoms with Crippen LogP contribution in [0.5, 0.6) is 0 Å². The van der Waals surface area contributed by atoms with Gasteiger partial charge >= 0.3 is 26.7 Å². The number of carbonyl (C=O) groups is 3. The molecule has 1 unspecified atom stereocenters. The fourth-order valence-electron chi connectivity index (χ4n) is 5.10. The van der Waals surface area contributed by atoms with Crippen molar-refractivity contribution in [2.45, 2.75) is 24.3 Å². The average Bonchev–Trinajstić information content (AvgIpc) is 3.06. The molecular weight excluding hydrogens is 610 g/mol. The first-order chi connectivity index (χ1) is 21.0. The van der Waals surface area contributed by atoms with Crippen LogP contribution < -0.4 is 10.2 Å². The van der Waals surface area contributed by atoms with Gasteiger partial charge in [-0.3, -0.25) is 29.1 Å². The van der Waals surface area contributed by atoms with E-state index in [0.717, 1.165) is 24.2 Å². The van der Waals surface area contributed by atoms with Gasteiger partial charge in [-0.15, -0.1) is 0 Å². The zero-order chi connectivity index (χ0) is 32.5. The zero-order valence-corrected chi connectivity index (χ0v) is 27.9. The van der Waals surface area contributed by atoms with Crippen molar-refractivity contribution in [1.82, 2.24) is 20.0 Å². The lowest BCUT2D eigenvalue weighted by Crippen LogP contribution is -2.43. The Bertz CT molecular complexity index is 985. The van der Waals surface area contributed by atoms with E-state index in [4.69, 9.17) is 13.3 Å². The minimum absolute atomic E-state index is 0.0720. The van der Waals surface area contributed by atoms with E-state index in [1.807, 2.05) is 24.3 Å². The van der Waals surface area contributed by atoms with Crippen LogP contribution in [0.1, 0.15) is 12.0 Å². The molecule has 1 atom stereocenters. The van der Waals surface area contributed by atoms with Crippen LogP contribution in [0.15, 0.2) is 24.3 Å². The predicted octanol–water partition coefficient (Wildman–Crippen LogP) is 0.323. The molecule has 0 radical (unpaired) electrons. The third-order valence-electron chi connectivity index (χ3n) is 7.63. The molecule has 0 aliphatic carbocycles. The molecule has 1 saturated heterocycles. The third-order valence-corrected chi connectivity index (χ3v) is 10.8. The van der Waals surface area contributed by atoms with Gasteiger partial charge in [-0.25, -0.2) is 0 Å². The summed E-state index contributed by atoms with van der Waals surface area (Å²) in [5.74, 6) is -2.80. The van der Waals surface area contributed by atoms with Crippen LogP contribution in [0.4, 0.5) is 5.69 Å². The Morgan fingerprint density at radius 3 is 1.82 bits per heavy atom. The van der Waals surface area contributed by atoms with Crippen molar-refractivity contribution in [1.29, 1.82) is 0 Å². The lowest BCUT2D eigenvalue weighted by molar-refractivity contribution is -0.140. The highest BCUT2D eigenvalue weighted by Crippen LogP contribution is 2.18. The van der Waals surface area contributed by atoms with Crippen molar-refractivity contribution in [3.63, 3.8) is 0 Å². The van der Waals surface area contributed by atoms with E-state index in [-0.39, 0.29) is 25.0 Å². The van der Waals surface area contributed by atoms with Crippen LogP contribution in [-0.2, 0) is 34.1 Å². The lowest BCUT2D eigenvalue weighted by Gasteiger charge is -2.29. The number of hydrogen-bond acceptors (Lipinski definition) is 12. The molecule has 4 N–H and O–H groups in total. The van der Waals surface area contributed by atoms with Crippen LogP contribution >= 0.6 is 12.6 Å². The van der Waals surface area contributed by atoms with Gasteiger partial charge in [-0.05, 0) is 37.1 Å². The van der Waals surface area contributed by atoms with E-state index >= 15 is 0 Å². The third kappa shape index (κ3) is 14.2. The Morgan fingerprint density at radius 1 is 0.864 bits per heavy atom. The first kappa shape index (κ1) is 37.9. The van der Waals surface area contributed by atoms with Gasteiger partial charge in [0.05, 0.1) is 18.5 Å². The van der Waals surface area contributed by atoms with Crippen LogP contribution in [0.3, 0.4) is 0 Å². The van der Waals surface area contributed by atoms with Crippen LogP contribution in [0, 0.1) is 0 Å². The summed E-state index contributed by atoms with van der Waals surface area (Å²) in [6, 6.07) is 8.46. The lowest BCUT2D eigenvalue weighted by atomic mass is 10.1. The van der Waals surface area contributed by atoms with Crippen molar-refractivity contribution in [3.8, 4) is 0 Å². The average molecular weight is 660 g/mol. The molecule has 1 aliphatic rings. The summed E-state index contributed by atoms with van der Waals surface area (Å²) in [5.41, 5.74) is 1.84. The predicted molar refractivity (Wildman–Crippen MR) is 172 cm³/mol. The second-order valence-corrected chi connectivity index (χ2v) is 14.5.